The monoisotopic (exact) mass is 342 g/mol. The van der Waals surface area contributed by atoms with E-state index in [-0.39, 0.29) is 0 Å². The highest BCUT2D eigenvalue weighted by Gasteiger charge is 2.29. The Morgan fingerprint density at radius 3 is 1.88 bits per heavy atom. The number of halogens is 3. The average molecular weight is 342 g/mol. The zero-order valence-electron chi connectivity index (χ0n) is 13.4. The van der Waals surface area contributed by atoms with Crippen molar-refractivity contribution in [3.8, 4) is 11.1 Å². The molecule has 5 heteroatoms. The minimum Gasteiger partial charge on any atom is -0.385 e. The Kier molecular flexibility index (Phi) is 5.03. The number of hydrogen-bond acceptors (Lipinski definition) is 2. The Labute approximate surface area is 144 Å². The third-order valence-electron chi connectivity index (χ3n) is 3.92. The molecule has 0 bridgehead atoms. The van der Waals surface area contributed by atoms with Crippen molar-refractivity contribution in [3.63, 3.8) is 0 Å². The fourth-order valence-electron chi connectivity index (χ4n) is 2.53. The predicted molar refractivity (Wildman–Crippen MR) is 93.3 cm³/mol. The van der Waals surface area contributed by atoms with Crippen molar-refractivity contribution in [2.24, 2.45) is 0 Å². The maximum absolute atomic E-state index is 12.6. The van der Waals surface area contributed by atoms with Crippen LogP contribution in [-0.4, -0.2) is 11.5 Å². The molecule has 2 nitrogen and oxygen atoms in total. The molecule has 0 radical (unpaired) electrons. The van der Waals surface area contributed by atoms with Crippen LogP contribution in [0.2, 0.25) is 0 Å². The summed E-state index contributed by atoms with van der Waals surface area (Å²) in [6.07, 6.45) is 0.132. The van der Waals surface area contributed by atoms with Crippen LogP contribution in [0, 0.1) is 0 Å². The normalized spacial score (nSPS) is 11.3. The molecule has 3 aromatic rings. The smallest absolute Gasteiger partial charge is 0.385 e. The molecular weight excluding hydrogens is 325 g/mol. The van der Waals surface area contributed by atoms with E-state index in [1.807, 2.05) is 36.4 Å². The molecule has 0 aliphatic rings. The van der Waals surface area contributed by atoms with E-state index < -0.39 is 11.7 Å². The van der Waals surface area contributed by atoms with Crippen molar-refractivity contribution in [2.75, 3.05) is 11.9 Å². The van der Waals surface area contributed by atoms with Gasteiger partial charge in [-0.2, -0.15) is 13.2 Å². The van der Waals surface area contributed by atoms with Gasteiger partial charge in [0.2, 0.25) is 0 Å². The van der Waals surface area contributed by atoms with Crippen LogP contribution in [0.15, 0.2) is 73.1 Å². The molecule has 0 unspecified atom stereocenters. The first-order valence-electron chi connectivity index (χ1n) is 7.93. The van der Waals surface area contributed by atoms with Crippen LogP contribution >= 0.6 is 0 Å². The van der Waals surface area contributed by atoms with Crippen LogP contribution < -0.4 is 5.32 Å². The molecule has 0 aliphatic heterocycles. The molecular formula is C20H17F3N2. The van der Waals surface area contributed by atoms with Gasteiger partial charge in [-0.1, -0.05) is 24.3 Å². The number of aromatic nitrogens is 1. The molecule has 1 N–H and O–H groups in total. The van der Waals surface area contributed by atoms with E-state index in [1.54, 1.807) is 12.4 Å². The van der Waals surface area contributed by atoms with Crippen LogP contribution in [0.5, 0.6) is 0 Å². The van der Waals surface area contributed by atoms with Crippen LogP contribution in [0.4, 0.5) is 18.9 Å². The molecule has 0 saturated heterocycles. The summed E-state index contributed by atoms with van der Waals surface area (Å²) >= 11 is 0. The Morgan fingerprint density at radius 2 is 1.32 bits per heavy atom. The first-order valence-corrected chi connectivity index (χ1v) is 7.93. The van der Waals surface area contributed by atoms with Crippen molar-refractivity contribution in [1.82, 2.24) is 4.98 Å². The lowest BCUT2D eigenvalue weighted by atomic mass is 10.0. The molecule has 0 fully saturated rings. The zero-order valence-corrected chi connectivity index (χ0v) is 13.4. The second-order valence-electron chi connectivity index (χ2n) is 5.68. The van der Waals surface area contributed by atoms with E-state index in [4.69, 9.17) is 0 Å². The number of pyridine rings is 1. The third-order valence-corrected chi connectivity index (χ3v) is 3.92. The van der Waals surface area contributed by atoms with E-state index in [1.165, 1.54) is 17.7 Å². The van der Waals surface area contributed by atoms with Gasteiger partial charge in [0, 0.05) is 24.6 Å². The van der Waals surface area contributed by atoms with Crippen molar-refractivity contribution in [1.29, 1.82) is 0 Å². The lowest BCUT2D eigenvalue weighted by molar-refractivity contribution is -0.137. The van der Waals surface area contributed by atoms with Crippen molar-refractivity contribution >= 4 is 5.69 Å². The standard InChI is InChI=1S/C20H17F3N2/c21-20(22,23)18-5-1-16(2-6-18)17-3-7-19(8-4-17)25-14-11-15-9-12-24-13-10-15/h1-10,12-13,25H,11,14H2. The van der Waals surface area contributed by atoms with Crippen LogP contribution in [0.25, 0.3) is 11.1 Å². The highest BCUT2D eigenvalue weighted by atomic mass is 19.4. The van der Waals surface area contributed by atoms with E-state index in [0.29, 0.717) is 0 Å². The van der Waals surface area contributed by atoms with Gasteiger partial charge in [-0.25, -0.2) is 0 Å². The van der Waals surface area contributed by atoms with Crippen molar-refractivity contribution in [2.45, 2.75) is 12.6 Å². The lowest BCUT2D eigenvalue weighted by Crippen LogP contribution is -2.04. The maximum Gasteiger partial charge on any atom is 0.416 e. The first kappa shape index (κ1) is 17.0. The Bertz CT molecular complexity index is 795. The van der Waals surface area contributed by atoms with Gasteiger partial charge in [0.05, 0.1) is 5.56 Å². The fourth-order valence-corrected chi connectivity index (χ4v) is 2.53. The third kappa shape index (κ3) is 4.59. The van der Waals surface area contributed by atoms with E-state index in [2.05, 4.69) is 10.3 Å². The molecule has 0 atom stereocenters. The summed E-state index contributed by atoms with van der Waals surface area (Å²) in [5.74, 6) is 0. The van der Waals surface area contributed by atoms with Crippen LogP contribution in [0.1, 0.15) is 11.1 Å². The average Bonchev–Trinajstić information content (AvgIpc) is 2.63. The summed E-state index contributed by atoms with van der Waals surface area (Å²) in [5, 5.41) is 3.33. The van der Waals surface area contributed by atoms with Gasteiger partial charge < -0.3 is 5.32 Å². The van der Waals surface area contributed by atoms with Crippen molar-refractivity contribution in [3.05, 3.63) is 84.2 Å². The molecule has 0 saturated carbocycles. The number of alkyl halides is 3. The molecule has 0 spiro atoms. The predicted octanol–water partition coefficient (Wildman–Crippen LogP) is 5.42. The lowest BCUT2D eigenvalue weighted by Gasteiger charge is -2.09. The molecule has 3 rings (SSSR count). The summed E-state index contributed by atoms with van der Waals surface area (Å²) in [6.45, 7) is 0.795. The minimum absolute atomic E-state index is 0.634. The van der Waals surface area contributed by atoms with Crippen LogP contribution in [-0.2, 0) is 12.6 Å². The van der Waals surface area contributed by atoms with Gasteiger partial charge in [0.15, 0.2) is 0 Å². The van der Waals surface area contributed by atoms with Crippen LogP contribution in [0.3, 0.4) is 0 Å². The summed E-state index contributed by atoms with van der Waals surface area (Å²) in [7, 11) is 0. The molecule has 1 heterocycles. The number of benzene rings is 2. The molecule has 1 aromatic heterocycles. The quantitative estimate of drug-likeness (QED) is 0.669. The zero-order chi connectivity index (χ0) is 17.7. The van der Waals surface area contributed by atoms with Gasteiger partial charge >= 0.3 is 6.18 Å². The topological polar surface area (TPSA) is 24.9 Å². The molecule has 25 heavy (non-hydrogen) atoms. The maximum atomic E-state index is 12.6. The summed E-state index contributed by atoms with van der Waals surface area (Å²) < 4.78 is 37.8. The van der Waals surface area contributed by atoms with E-state index >= 15 is 0 Å². The fraction of sp³-hybridized carbons (Fsp3) is 0.150. The van der Waals surface area contributed by atoms with Crippen molar-refractivity contribution < 1.29 is 13.2 Å². The van der Waals surface area contributed by atoms with Gasteiger partial charge in [0.25, 0.3) is 0 Å². The van der Waals surface area contributed by atoms with Gasteiger partial charge in [-0.15, -0.1) is 0 Å². The number of hydrogen-bond donors (Lipinski definition) is 1. The second kappa shape index (κ2) is 7.38. The highest BCUT2D eigenvalue weighted by molar-refractivity contribution is 5.66. The molecule has 128 valence electrons. The van der Waals surface area contributed by atoms with Gasteiger partial charge in [0.1, 0.15) is 0 Å². The van der Waals surface area contributed by atoms with Gasteiger partial charge in [-0.3, -0.25) is 4.98 Å². The number of nitrogens with one attached hydrogen (secondary N) is 1. The largest absolute Gasteiger partial charge is 0.416 e. The summed E-state index contributed by atoms with van der Waals surface area (Å²) in [4.78, 5) is 3.99. The number of nitrogens with zero attached hydrogens (tertiary/aromatic N) is 1. The molecule has 0 amide bonds. The second-order valence-corrected chi connectivity index (χ2v) is 5.68. The molecule has 2 aromatic carbocycles. The SMILES string of the molecule is FC(F)(F)c1ccc(-c2ccc(NCCc3ccncc3)cc2)cc1. The van der Waals surface area contributed by atoms with Gasteiger partial charge in [-0.05, 0) is 59.5 Å². The summed E-state index contributed by atoms with van der Waals surface area (Å²) in [6, 6.07) is 16.8. The highest BCUT2D eigenvalue weighted by Crippen LogP contribution is 2.31. The Morgan fingerprint density at radius 1 is 0.760 bits per heavy atom. The van der Waals surface area contributed by atoms with E-state index in [0.717, 1.165) is 41.9 Å². The summed E-state index contributed by atoms with van der Waals surface area (Å²) in [5.41, 5.74) is 3.20. The minimum atomic E-state index is -4.30. The Balaban J connectivity index is 1.60. The van der Waals surface area contributed by atoms with E-state index in [9.17, 15) is 13.2 Å². The number of anilines is 1. The Hall–Kier alpha value is -2.82. The molecule has 0 aliphatic carbocycles. The number of rotatable bonds is 5. The first-order chi connectivity index (χ1) is 12.0.